The fraction of sp³-hybridized carbons (Fsp3) is 0.273. The van der Waals surface area contributed by atoms with Crippen LogP contribution in [0.5, 0.6) is 0 Å². The SMILES string of the molecule is CCC(C)NC(=O)C(Cc1ccccc1)N(Cc1c(Cl)cccc1Cl)C(=O)CN(C)S(=O)(=O)c1ccc2ccccc2c1. The lowest BCUT2D eigenvalue weighted by molar-refractivity contribution is -0.141. The number of benzene rings is 4. The molecule has 1 N–H and O–H groups in total. The molecule has 0 aliphatic rings. The fourth-order valence-corrected chi connectivity index (χ4v) is 6.40. The number of nitrogens with zero attached hydrogens (tertiary/aromatic N) is 2. The van der Waals surface area contributed by atoms with Crippen molar-refractivity contribution in [3.8, 4) is 0 Å². The minimum atomic E-state index is -4.04. The summed E-state index contributed by atoms with van der Waals surface area (Å²) in [5, 5.41) is 5.34. The molecule has 4 aromatic carbocycles. The number of hydrogen-bond acceptors (Lipinski definition) is 4. The molecule has 43 heavy (non-hydrogen) atoms. The number of halogens is 2. The minimum Gasteiger partial charge on any atom is -0.352 e. The zero-order chi connectivity index (χ0) is 31.1. The van der Waals surface area contributed by atoms with Crippen molar-refractivity contribution in [2.75, 3.05) is 13.6 Å². The van der Waals surface area contributed by atoms with Gasteiger partial charge in [-0.1, -0.05) is 96.9 Å². The van der Waals surface area contributed by atoms with E-state index in [2.05, 4.69) is 5.32 Å². The molecule has 0 heterocycles. The summed E-state index contributed by atoms with van der Waals surface area (Å²) in [5.74, 6) is -0.919. The number of carbonyl (C=O) groups is 2. The molecule has 2 amide bonds. The van der Waals surface area contributed by atoms with Crippen LogP contribution in [0, 0.1) is 0 Å². The zero-order valence-corrected chi connectivity index (χ0v) is 26.7. The van der Waals surface area contributed by atoms with E-state index in [1.54, 1.807) is 30.3 Å². The van der Waals surface area contributed by atoms with Gasteiger partial charge in [0, 0.05) is 41.7 Å². The number of sulfonamides is 1. The third-order valence-electron chi connectivity index (χ3n) is 7.45. The van der Waals surface area contributed by atoms with Gasteiger partial charge in [0.1, 0.15) is 6.04 Å². The van der Waals surface area contributed by atoms with Gasteiger partial charge in [0.05, 0.1) is 11.4 Å². The van der Waals surface area contributed by atoms with Crippen LogP contribution in [0.25, 0.3) is 10.8 Å². The number of fused-ring (bicyclic) bond motifs is 1. The van der Waals surface area contributed by atoms with Gasteiger partial charge in [0.2, 0.25) is 21.8 Å². The van der Waals surface area contributed by atoms with Gasteiger partial charge in [-0.2, -0.15) is 4.31 Å². The molecule has 0 aliphatic heterocycles. The summed E-state index contributed by atoms with van der Waals surface area (Å²) >= 11 is 13.0. The quantitative estimate of drug-likeness (QED) is 0.196. The van der Waals surface area contributed by atoms with Crippen LogP contribution in [0.15, 0.2) is 95.9 Å². The first kappa shape index (κ1) is 32.5. The maximum atomic E-state index is 14.1. The summed E-state index contributed by atoms with van der Waals surface area (Å²) in [7, 11) is -2.69. The Morgan fingerprint density at radius 2 is 1.49 bits per heavy atom. The van der Waals surface area contributed by atoms with Crippen molar-refractivity contribution >= 4 is 55.8 Å². The number of amides is 2. The average molecular weight is 641 g/mol. The van der Waals surface area contributed by atoms with E-state index in [0.717, 1.165) is 20.6 Å². The first-order valence-electron chi connectivity index (χ1n) is 14.0. The highest BCUT2D eigenvalue weighted by Gasteiger charge is 2.34. The number of rotatable bonds is 12. The lowest BCUT2D eigenvalue weighted by atomic mass is 10.0. The molecule has 4 rings (SSSR count). The molecule has 4 aromatic rings. The topological polar surface area (TPSA) is 86.8 Å². The Morgan fingerprint density at radius 1 is 0.860 bits per heavy atom. The summed E-state index contributed by atoms with van der Waals surface area (Å²) in [6.07, 6.45) is 0.902. The molecule has 0 saturated heterocycles. The van der Waals surface area contributed by atoms with E-state index in [4.69, 9.17) is 23.2 Å². The maximum Gasteiger partial charge on any atom is 0.243 e. The predicted octanol–water partition coefficient (Wildman–Crippen LogP) is 6.32. The minimum absolute atomic E-state index is 0.0672. The van der Waals surface area contributed by atoms with Crippen LogP contribution >= 0.6 is 23.2 Å². The number of nitrogens with one attached hydrogen (secondary N) is 1. The molecule has 7 nitrogen and oxygen atoms in total. The van der Waals surface area contributed by atoms with Crippen LogP contribution in [-0.4, -0.2) is 55.1 Å². The van der Waals surface area contributed by atoms with Crippen molar-refractivity contribution < 1.29 is 18.0 Å². The Morgan fingerprint density at radius 3 is 2.14 bits per heavy atom. The lowest BCUT2D eigenvalue weighted by Crippen LogP contribution is -2.54. The molecule has 0 aliphatic carbocycles. The van der Waals surface area contributed by atoms with E-state index in [9.17, 15) is 18.0 Å². The van der Waals surface area contributed by atoms with E-state index in [1.807, 2.05) is 68.4 Å². The normalized spacial score (nSPS) is 13.1. The van der Waals surface area contributed by atoms with Gasteiger partial charge in [-0.3, -0.25) is 9.59 Å². The van der Waals surface area contributed by atoms with Gasteiger partial charge in [-0.05, 0) is 53.9 Å². The maximum absolute atomic E-state index is 14.1. The predicted molar refractivity (Wildman–Crippen MR) is 173 cm³/mol. The molecule has 0 spiro atoms. The van der Waals surface area contributed by atoms with E-state index in [1.165, 1.54) is 18.0 Å². The Balaban J connectivity index is 1.71. The molecule has 0 aromatic heterocycles. The van der Waals surface area contributed by atoms with Crippen LogP contribution in [0.1, 0.15) is 31.4 Å². The highest BCUT2D eigenvalue weighted by molar-refractivity contribution is 7.89. The van der Waals surface area contributed by atoms with Gasteiger partial charge in [-0.15, -0.1) is 0 Å². The second-order valence-corrected chi connectivity index (χ2v) is 13.4. The molecule has 0 radical (unpaired) electrons. The first-order valence-corrected chi connectivity index (χ1v) is 16.2. The average Bonchev–Trinajstić information content (AvgIpc) is 3.00. The largest absolute Gasteiger partial charge is 0.352 e. The van der Waals surface area contributed by atoms with Crippen LogP contribution in [0.4, 0.5) is 0 Å². The van der Waals surface area contributed by atoms with Crippen molar-refractivity contribution in [3.05, 3.63) is 112 Å². The highest BCUT2D eigenvalue weighted by atomic mass is 35.5. The second kappa shape index (κ2) is 14.4. The van der Waals surface area contributed by atoms with E-state index in [-0.39, 0.29) is 29.8 Å². The summed E-state index contributed by atoms with van der Waals surface area (Å²) in [5.41, 5.74) is 1.31. The monoisotopic (exact) mass is 639 g/mol. The van der Waals surface area contributed by atoms with Crippen molar-refractivity contribution in [3.63, 3.8) is 0 Å². The number of carbonyl (C=O) groups excluding carboxylic acids is 2. The summed E-state index contributed by atoms with van der Waals surface area (Å²) in [4.78, 5) is 29.3. The molecule has 10 heteroatoms. The van der Waals surface area contributed by atoms with Crippen molar-refractivity contribution in [2.45, 2.75) is 50.2 Å². The van der Waals surface area contributed by atoms with Crippen LogP contribution in [0.3, 0.4) is 0 Å². The lowest BCUT2D eigenvalue weighted by Gasteiger charge is -2.33. The molecule has 2 unspecified atom stereocenters. The number of likely N-dealkylation sites (N-methyl/N-ethyl adjacent to an activating group) is 1. The smallest absolute Gasteiger partial charge is 0.243 e. The Hall–Kier alpha value is -3.43. The summed E-state index contributed by atoms with van der Waals surface area (Å²) in [6.45, 7) is 3.25. The van der Waals surface area contributed by atoms with Crippen molar-refractivity contribution in [1.29, 1.82) is 0 Å². The van der Waals surface area contributed by atoms with Gasteiger partial charge >= 0.3 is 0 Å². The zero-order valence-electron chi connectivity index (χ0n) is 24.3. The third kappa shape index (κ3) is 7.95. The Kier molecular flexibility index (Phi) is 10.8. The Bertz CT molecular complexity index is 1680. The molecule has 226 valence electrons. The molecule has 0 fully saturated rings. The van der Waals surface area contributed by atoms with Gasteiger partial charge in [0.25, 0.3) is 0 Å². The standard InChI is InChI=1S/C33H35Cl2N3O4S/c1-4-23(2)36-33(40)31(19-24-11-6-5-7-12-24)38(21-28-29(34)15-10-16-30(28)35)32(39)22-37(3)43(41,42)27-18-17-25-13-8-9-14-26(25)20-27/h5-18,20,23,31H,4,19,21-22H2,1-3H3,(H,36,40). The van der Waals surface area contributed by atoms with Gasteiger partial charge < -0.3 is 10.2 Å². The van der Waals surface area contributed by atoms with Crippen molar-refractivity contribution in [2.24, 2.45) is 0 Å². The molecule has 0 saturated carbocycles. The fourth-order valence-electron chi connectivity index (χ4n) is 4.72. The van der Waals surface area contributed by atoms with E-state index >= 15 is 0 Å². The third-order valence-corrected chi connectivity index (χ3v) is 9.96. The molecular weight excluding hydrogens is 605 g/mol. The summed E-state index contributed by atoms with van der Waals surface area (Å²) < 4.78 is 28.2. The van der Waals surface area contributed by atoms with Crippen LogP contribution in [-0.2, 0) is 32.6 Å². The Labute approximate surface area is 263 Å². The van der Waals surface area contributed by atoms with Crippen LogP contribution in [0.2, 0.25) is 10.0 Å². The molecular formula is C33H35Cl2N3O4S. The van der Waals surface area contributed by atoms with Gasteiger partial charge in [-0.25, -0.2) is 8.42 Å². The first-order chi connectivity index (χ1) is 20.5. The van der Waals surface area contributed by atoms with Crippen LogP contribution < -0.4 is 5.32 Å². The molecule has 0 bridgehead atoms. The van der Waals surface area contributed by atoms with E-state index < -0.39 is 28.5 Å². The molecule has 2 atom stereocenters. The second-order valence-electron chi connectivity index (χ2n) is 10.5. The van der Waals surface area contributed by atoms with E-state index in [0.29, 0.717) is 22.0 Å². The van der Waals surface area contributed by atoms with Gasteiger partial charge in [0.15, 0.2) is 0 Å². The summed E-state index contributed by atoms with van der Waals surface area (Å²) in [6, 6.07) is 25.6. The highest BCUT2D eigenvalue weighted by Crippen LogP contribution is 2.28. The number of hydrogen-bond donors (Lipinski definition) is 1. The van der Waals surface area contributed by atoms with Crippen molar-refractivity contribution in [1.82, 2.24) is 14.5 Å².